The summed E-state index contributed by atoms with van der Waals surface area (Å²) in [4.78, 5) is 14.3. The fourth-order valence-corrected chi connectivity index (χ4v) is 3.28. The number of nitrogen functional groups attached to an aromatic ring is 1. The lowest BCUT2D eigenvalue weighted by atomic mass is 10.2. The van der Waals surface area contributed by atoms with Crippen molar-refractivity contribution >= 4 is 33.0 Å². The lowest BCUT2D eigenvalue weighted by Crippen LogP contribution is -2.35. The number of benzene rings is 1. The molecule has 0 saturated heterocycles. The van der Waals surface area contributed by atoms with Gasteiger partial charge in [-0.1, -0.05) is 6.07 Å². The Morgan fingerprint density at radius 2 is 2.00 bits per heavy atom. The maximum absolute atomic E-state index is 12.5. The van der Waals surface area contributed by atoms with Crippen molar-refractivity contribution in [3.05, 3.63) is 23.1 Å². The molecule has 0 aliphatic rings. The maximum Gasteiger partial charge on any atom is 0.266 e. The van der Waals surface area contributed by atoms with Crippen molar-refractivity contribution in [2.45, 2.75) is 0 Å². The van der Waals surface area contributed by atoms with Gasteiger partial charge in [-0.05, 0) is 12.1 Å². The first-order chi connectivity index (χ1) is 10.1. The SMILES string of the molecule is COc1cccc2sc(C(=O)N(CCO)CCO)c(N)c12. The molecule has 114 valence electrons. The molecule has 0 spiro atoms. The van der Waals surface area contributed by atoms with Gasteiger partial charge in [0.05, 0.1) is 31.4 Å². The summed E-state index contributed by atoms with van der Waals surface area (Å²) in [6.45, 7) is -0.0197. The minimum absolute atomic E-state index is 0.157. The molecule has 2 aromatic rings. The topological polar surface area (TPSA) is 96.0 Å². The molecule has 1 aromatic carbocycles. The quantitative estimate of drug-likeness (QED) is 0.737. The first kappa shape index (κ1) is 15.6. The smallest absolute Gasteiger partial charge is 0.266 e. The highest BCUT2D eigenvalue weighted by atomic mass is 32.1. The van der Waals surface area contributed by atoms with Crippen LogP contribution in [0.15, 0.2) is 18.2 Å². The molecule has 0 aliphatic carbocycles. The van der Waals surface area contributed by atoms with Gasteiger partial charge in [0.2, 0.25) is 0 Å². The third kappa shape index (κ3) is 2.94. The van der Waals surface area contributed by atoms with Crippen LogP contribution in [-0.4, -0.2) is 54.4 Å². The molecular formula is C14H18N2O4S. The molecule has 2 rings (SSSR count). The van der Waals surface area contributed by atoms with Crippen molar-refractivity contribution in [1.82, 2.24) is 4.90 Å². The van der Waals surface area contributed by atoms with Crippen LogP contribution in [0.25, 0.3) is 10.1 Å². The standard InChI is InChI=1S/C14H18N2O4S/c1-20-9-3-2-4-10-11(9)12(15)13(21-10)14(19)16(5-7-17)6-8-18/h2-4,17-18H,5-8,15H2,1H3. The molecule has 1 amide bonds. The van der Waals surface area contributed by atoms with Crippen LogP contribution >= 0.6 is 11.3 Å². The molecule has 4 N–H and O–H groups in total. The molecule has 6 nitrogen and oxygen atoms in total. The molecule has 21 heavy (non-hydrogen) atoms. The lowest BCUT2D eigenvalue weighted by molar-refractivity contribution is 0.0690. The molecule has 0 radical (unpaired) electrons. The first-order valence-electron chi connectivity index (χ1n) is 6.50. The number of carbonyl (C=O) groups is 1. The van der Waals surface area contributed by atoms with E-state index >= 15 is 0 Å². The summed E-state index contributed by atoms with van der Waals surface area (Å²) in [6.07, 6.45) is 0. The van der Waals surface area contributed by atoms with Gasteiger partial charge in [0.25, 0.3) is 5.91 Å². The second-order valence-corrected chi connectivity index (χ2v) is 5.47. The number of nitrogens with zero attached hydrogens (tertiary/aromatic N) is 1. The van der Waals surface area contributed by atoms with E-state index in [0.717, 1.165) is 10.1 Å². The zero-order valence-electron chi connectivity index (χ0n) is 11.7. The van der Waals surface area contributed by atoms with Crippen LogP contribution in [0.3, 0.4) is 0 Å². The number of anilines is 1. The highest BCUT2D eigenvalue weighted by Crippen LogP contribution is 2.39. The van der Waals surface area contributed by atoms with E-state index < -0.39 is 0 Å². The van der Waals surface area contributed by atoms with E-state index in [1.165, 1.54) is 16.2 Å². The zero-order chi connectivity index (χ0) is 15.4. The minimum atomic E-state index is -0.293. The predicted octanol–water partition coefficient (Wildman–Crippen LogP) is 0.919. The molecular weight excluding hydrogens is 292 g/mol. The summed E-state index contributed by atoms with van der Waals surface area (Å²) in [6, 6.07) is 5.50. The molecule has 0 aliphatic heterocycles. The molecule has 0 fully saturated rings. The molecule has 0 unspecified atom stereocenters. The Labute approximate surface area is 126 Å². The number of aliphatic hydroxyl groups is 2. The summed E-state index contributed by atoms with van der Waals surface area (Å²) in [5.41, 5.74) is 6.48. The van der Waals surface area contributed by atoms with Gasteiger partial charge in [0.15, 0.2) is 0 Å². The maximum atomic E-state index is 12.5. The fourth-order valence-electron chi connectivity index (χ4n) is 2.17. The average Bonchev–Trinajstić information content (AvgIpc) is 2.83. The van der Waals surface area contributed by atoms with E-state index in [-0.39, 0.29) is 32.2 Å². The van der Waals surface area contributed by atoms with E-state index in [2.05, 4.69) is 0 Å². The van der Waals surface area contributed by atoms with Gasteiger partial charge >= 0.3 is 0 Å². The van der Waals surface area contributed by atoms with E-state index in [9.17, 15) is 4.79 Å². The number of rotatable bonds is 6. The predicted molar refractivity (Wildman–Crippen MR) is 82.9 cm³/mol. The summed E-state index contributed by atoms with van der Waals surface area (Å²) in [7, 11) is 1.55. The number of methoxy groups -OCH3 is 1. The number of thiophene rings is 1. The summed E-state index contributed by atoms with van der Waals surface area (Å²) in [5.74, 6) is 0.329. The second-order valence-electron chi connectivity index (χ2n) is 4.42. The Bertz CT molecular complexity index is 635. The molecule has 0 saturated carbocycles. The molecule has 0 bridgehead atoms. The van der Waals surface area contributed by atoms with Gasteiger partial charge in [0, 0.05) is 17.8 Å². The van der Waals surface area contributed by atoms with Gasteiger partial charge in [-0.15, -0.1) is 11.3 Å². The van der Waals surface area contributed by atoms with Crippen LogP contribution in [0.1, 0.15) is 9.67 Å². The summed E-state index contributed by atoms with van der Waals surface area (Å²) in [5, 5.41) is 18.8. The monoisotopic (exact) mass is 310 g/mol. The van der Waals surface area contributed by atoms with Gasteiger partial charge < -0.3 is 25.6 Å². The van der Waals surface area contributed by atoms with Crippen LogP contribution in [0.4, 0.5) is 5.69 Å². The highest BCUT2D eigenvalue weighted by molar-refractivity contribution is 7.21. The average molecular weight is 310 g/mol. The number of hydrogen-bond acceptors (Lipinski definition) is 6. The van der Waals surface area contributed by atoms with Crippen LogP contribution in [0, 0.1) is 0 Å². The largest absolute Gasteiger partial charge is 0.496 e. The Morgan fingerprint density at radius 3 is 2.57 bits per heavy atom. The van der Waals surface area contributed by atoms with Gasteiger partial charge in [-0.2, -0.15) is 0 Å². The first-order valence-corrected chi connectivity index (χ1v) is 7.31. The second kappa shape index (κ2) is 6.75. The van der Waals surface area contributed by atoms with E-state index in [1.54, 1.807) is 13.2 Å². The molecule has 1 heterocycles. The number of nitrogens with two attached hydrogens (primary N) is 1. The number of fused-ring (bicyclic) bond motifs is 1. The van der Waals surface area contributed by atoms with Crippen molar-refractivity contribution in [2.24, 2.45) is 0 Å². The van der Waals surface area contributed by atoms with Gasteiger partial charge in [0.1, 0.15) is 10.6 Å². The van der Waals surface area contributed by atoms with E-state index in [0.29, 0.717) is 16.3 Å². The van der Waals surface area contributed by atoms with E-state index in [4.69, 9.17) is 20.7 Å². The van der Waals surface area contributed by atoms with Crippen molar-refractivity contribution in [1.29, 1.82) is 0 Å². The van der Waals surface area contributed by atoms with Crippen molar-refractivity contribution in [2.75, 3.05) is 39.1 Å². The Balaban J connectivity index is 2.46. The molecule has 7 heteroatoms. The fraction of sp³-hybridized carbons (Fsp3) is 0.357. The van der Waals surface area contributed by atoms with Crippen LogP contribution in [-0.2, 0) is 0 Å². The number of aliphatic hydroxyl groups excluding tert-OH is 2. The van der Waals surface area contributed by atoms with Gasteiger partial charge in [-0.3, -0.25) is 4.79 Å². The van der Waals surface area contributed by atoms with Crippen molar-refractivity contribution < 1.29 is 19.7 Å². The zero-order valence-corrected chi connectivity index (χ0v) is 12.5. The third-order valence-corrected chi connectivity index (χ3v) is 4.31. The Hall–Kier alpha value is -1.83. The number of carbonyl (C=O) groups excluding carboxylic acids is 1. The number of hydrogen-bond donors (Lipinski definition) is 3. The lowest BCUT2D eigenvalue weighted by Gasteiger charge is -2.20. The van der Waals surface area contributed by atoms with Crippen LogP contribution in [0.5, 0.6) is 5.75 Å². The normalized spacial score (nSPS) is 10.8. The Morgan fingerprint density at radius 1 is 1.33 bits per heavy atom. The Kier molecular flexibility index (Phi) is 5.00. The van der Waals surface area contributed by atoms with Crippen molar-refractivity contribution in [3.8, 4) is 5.75 Å². The minimum Gasteiger partial charge on any atom is -0.496 e. The van der Waals surface area contributed by atoms with Crippen LogP contribution in [0.2, 0.25) is 0 Å². The number of amides is 1. The van der Waals surface area contributed by atoms with Gasteiger partial charge in [-0.25, -0.2) is 0 Å². The molecule has 1 aromatic heterocycles. The van der Waals surface area contributed by atoms with E-state index in [1.807, 2.05) is 12.1 Å². The third-order valence-electron chi connectivity index (χ3n) is 3.16. The summed E-state index contributed by atoms with van der Waals surface area (Å²) < 4.78 is 6.14. The highest BCUT2D eigenvalue weighted by Gasteiger charge is 2.23. The van der Waals surface area contributed by atoms with Crippen LogP contribution < -0.4 is 10.5 Å². The molecule has 0 atom stereocenters. The van der Waals surface area contributed by atoms with Crippen molar-refractivity contribution in [3.63, 3.8) is 0 Å². The summed E-state index contributed by atoms with van der Waals surface area (Å²) >= 11 is 1.28. The number of ether oxygens (including phenoxy) is 1.